The van der Waals surface area contributed by atoms with Crippen molar-refractivity contribution in [1.29, 1.82) is 0 Å². The summed E-state index contributed by atoms with van der Waals surface area (Å²) in [7, 11) is 0. The van der Waals surface area contributed by atoms with Crippen molar-refractivity contribution < 1.29 is 39.3 Å². The maximum absolute atomic E-state index is 13.3. The number of amides is 4. The molecule has 4 atom stereocenters. The van der Waals surface area contributed by atoms with Crippen LogP contribution in [-0.2, 0) is 36.8 Å². The van der Waals surface area contributed by atoms with Crippen LogP contribution < -0.4 is 27.4 Å². The SMILES string of the molecule is NC(=O)CC(NC(=O)C(Cc1ccccc1)NC(=O)C(Cc1ccc(O)cc1)NC(=O)C(N)CO)C(=O)O. The zero-order valence-electron chi connectivity index (χ0n) is 20.4. The molecular formula is C25H31N5O8. The Balaban J connectivity index is 2.31. The molecule has 0 saturated heterocycles. The first-order chi connectivity index (χ1) is 18.0. The van der Waals surface area contributed by atoms with Crippen molar-refractivity contribution in [3.63, 3.8) is 0 Å². The van der Waals surface area contributed by atoms with Crippen LogP contribution in [0, 0.1) is 0 Å². The second-order valence-electron chi connectivity index (χ2n) is 8.54. The minimum Gasteiger partial charge on any atom is -0.508 e. The number of carbonyl (C=O) groups is 5. The third-order valence-corrected chi connectivity index (χ3v) is 5.48. The lowest BCUT2D eigenvalue weighted by Gasteiger charge is -2.25. The van der Waals surface area contributed by atoms with Crippen LogP contribution in [0.3, 0.4) is 0 Å². The number of phenolic OH excluding ortho intramolecular Hbond substituents is 1. The van der Waals surface area contributed by atoms with Gasteiger partial charge in [0.1, 0.15) is 29.9 Å². The quantitative estimate of drug-likeness (QED) is 0.134. The number of aliphatic carboxylic acids is 1. The highest BCUT2D eigenvalue weighted by molar-refractivity contribution is 5.95. The number of aliphatic hydroxyl groups excluding tert-OH is 1. The minimum absolute atomic E-state index is 0.00960. The van der Waals surface area contributed by atoms with Crippen molar-refractivity contribution in [1.82, 2.24) is 16.0 Å². The number of rotatable bonds is 14. The van der Waals surface area contributed by atoms with Crippen molar-refractivity contribution >= 4 is 29.6 Å². The molecular weight excluding hydrogens is 498 g/mol. The molecule has 0 aliphatic rings. The molecule has 13 nitrogen and oxygen atoms in total. The van der Waals surface area contributed by atoms with Crippen LogP contribution in [0.1, 0.15) is 17.5 Å². The lowest BCUT2D eigenvalue weighted by Crippen LogP contribution is -2.58. The molecule has 38 heavy (non-hydrogen) atoms. The topological polar surface area (TPSA) is 234 Å². The Hall–Kier alpha value is -4.49. The Morgan fingerprint density at radius 2 is 1.21 bits per heavy atom. The fraction of sp³-hybridized carbons (Fsp3) is 0.320. The number of primary amides is 1. The third kappa shape index (κ3) is 9.52. The van der Waals surface area contributed by atoms with Crippen LogP contribution in [-0.4, -0.2) is 75.7 Å². The smallest absolute Gasteiger partial charge is 0.326 e. The van der Waals surface area contributed by atoms with Gasteiger partial charge in [-0.05, 0) is 23.3 Å². The van der Waals surface area contributed by atoms with Gasteiger partial charge in [-0.2, -0.15) is 0 Å². The van der Waals surface area contributed by atoms with Gasteiger partial charge in [0.05, 0.1) is 13.0 Å². The maximum Gasteiger partial charge on any atom is 0.326 e. The summed E-state index contributed by atoms with van der Waals surface area (Å²) in [5.41, 5.74) is 11.8. The zero-order valence-corrected chi connectivity index (χ0v) is 20.4. The monoisotopic (exact) mass is 529 g/mol. The molecule has 13 heteroatoms. The Bertz CT molecular complexity index is 1130. The number of aliphatic hydroxyl groups is 1. The van der Waals surface area contributed by atoms with E-state index in [0.717, 1.165) is 0 Å². The van der Waals surface area contributed by atoms with Crippen LogP contribution in [0.2, 0.25) is 0 Å². The minimum atomic E-state index is -1.62. The normalized spacial score (nSPS) is 13.8. The van der Waals surface area contributed by atoms with Gasteiger partial charge in [-0.3, -0.25) is 19.2 Å². The van der Waals surface area contributed by atoms with E-state index in [1.807, 2.05) is 0 Å². The van der Waals surface area contributed by atoms with Crippen LogP contribution in [0.5, 0.6) is 5.75 Å². The Kier molecular flexibility index (Phi) is 11.2. The molecule has 0 spiro atoms. The van der Waals surface area contributed by atoms with E-state index in [4.69, 9.17) is 11.5 Å². The average molecular weight is 530 g/mol. The number of benzene rings is 2. The molecule has 0 aliphatic carbocycles. The van der Waals surface area contributed by atoms with Gasteiger partial charge in [-0.1, -0.05) is 42.5 Å². The van der Waals surface area contributed by atoms with E-state index >= 15 is 0 Å². The van der Waals surface area contributed by atoms with Crippen molar-refractivity contribution in [2.24, 2.45) is 11.5 Å². The van der Waals surface area contributed by atoms with Gasteiger partial charge in [-0.25, -0.2) is 4.79 Å². The summed E-state index contributed by atoms with van der Waals surface area (Å²) < 4.78 is 0. The molecule has 0 heterocycles. The number of hydrogen-bond acceptors (Lipinski definition) is 8. The van der Waals surface area contributed by atoms with E-state index in [2.05, 4.69) is 16.0 Å². The summed E-state index contributed by atoms with van der Waals surface area (Å²) >= 11 is 0. The van der Waals surface area contributed by atoms with Crippen molar-refractivity contribution in [3.8, 4) is 5.75 Å². The average Bonchev–Trinajstić information content (AvgIpc) is 2.88. The second kappa shape index (κ2) is 14.3. The molecule has 0 fully saturated rings. The van der Waals surface area contributed by atoms with Crippen molar-refractivity contribution in [2.75, 3.05) is 6.61 Å². The predicted octanol–water partition coefficient (Wildman–Crippen LogP) is -2.09. The number of hydrogen-bond donors (Lipinski definition) is 8. The largest absolute Gasteiger partial charge is 0.508 e. The molecule has 4 amide bonds. The fourth-order valence-corrected chi connectivity index (χ4v) is 3.44. The van der Waals surface area contributed by atoms with E-state index in [0.29, 0.717) is 11.1 Å². The number of carbonyl (C=O) groups excluding carboxylic acids is 4. The number of nitrogens with one attached hydrogen (secondary N) is 3. The van der Waals surface area contributed by atoms with Gasteiger partial charge in [0.2, 0.25) is 23.6 Å². The van der Waals surface area contributed by atoms with Crippen LogP contribution >= 0.6 is 0 Å². The van der Waals surface area contributed by atoms with E-state index in [-0.39, 0.29) is 18.6 Å². The molecule has 0 aliphatic heterocycles. The van der Waals surface area contributed by atoms with Gasteiger partial charge in [0, 0.05) is 12.8 Å². The van der Waals surface area contributed by atoms with Gasteiger partial charge >= 0.3 is 5.97 Å². The van der Waals surface area contributed by atoms with Crippen molar-refractivity contribution in [2.45, 2.75) is 43.4 Å². The Morgan fingerprint density at radius 1 is 0.737 bits per heavy atom. The summed E-state index contributed by atoms with van der Waals surface area (Å²) in [4.78, 5) is 61.5. The highest BCUT2D eigenvalue weighted by Gasteiger charge is 2.31. The molecule has 0 radical (unpaired) electrons. The number of aromatic hydroxyl groups is 1. The molecule has 0 saturated carbocycles. The summed E-state index contributed by atoms with van der Waals surface area (Å²) in [6.45, 7) is -0.672. The fourth-order valence-electron chi connectivity index (χ4n) is 3.44. The molecule has 0 bridgehead atoms. The Labute approximate surface area is 218 Å². The predicted molar refractivity (Wildman–Crippen MR) is 134 cm³/mol. The third-order valence-electron chi connectivity index (χ3n) is 5.48. The first-order valence-corrected chi connectivity index (χ1v) is 11.6. The maximum atomic E-state index is 13.3. The van der Waals surface area contributed by atoms with Gasteiger partial charge in [0.15, 0.2) is 0 Å². The van der Waals surface area contributed by atoms with E-state index in [9.17, 15) is 39.3 Å². The standard InChI is InChI=1S/C25H31N5O8/c26-17(13-31)22(34)28-18(11-15-6-8-16(32)9-7-15)23(35)29-19(10-14-4-2-1-3-5-14)24(36)30-20(25(37)38)12-21(27)33/h1-9,17-20,31-32H,10-13,26H2,(H2,27,33)(H,28,34)(H,29,35)(H,30,36)(H,37,38). The number of phenols is 1. The second-order valence-corrected chi connectivity index (χ2v) is 8.54. The van der Waals surface area contributed by atoms with E-state index < -0.39 is 66.8 Å². The summed E-state index contributed by atoms with van der Waals surface area (Å²) in [6, 6.07) is 8.92. The number of carboxylic acids is 1. The Morgan fingerprint density at radius 3 is 1.68 bits per heavy atom. The van der Waals surface area contributed by atoms with E-state index in [1.165, 1.54) is 24.3 Å². The molecule has 204 valence electrons. The number of carboxylic acid groups (broad SMARTS) is 1. The van der Waals surface area contributed by atoms with Crippen LogP contribution in [0.15, 0.2) is 54.6 Å². The number of nitrogens with two attached hydrogens (primary N) is 2. The first kappa shape index (κ1) is 29.7. The molecule has 4 unspecified atom stereocenters. The van der Waals surface area contributed by atoms with Crippen molar-refractivity contribution in [3.05, 3.63) is 65.7 Å². The van der Waals surface area contributed by atoms with Gasteiger partial charge in [-0.15, -0.1) is 0 Å². The molecule has 2 rings (SSSR count). The lowest BCUT2D eigenvalue weighted by atomic mass is 10.0. The first-order valence-electron chi connectivity index (χ1n) is 11.6. The summed E-state index contributed by atoms with van der Waals surface area (Å²) in [5, 5.41) is 35.3. The molecule has 2 aromatic carbocycles. The summed E-state index contributed by atoms with van der Waals surface area (Å²) in [6.07, 6.45) is -0.766. The van der Waals surface area contributed by atoms with Crippen LogP contribution in [0.4, 0.5) is 0 Å². The highest BCUT2D eigenvalue weighted by atomic mass is 16.4. The molecule has 10 N–H and O–H groups in total. The summed E-state index contributed by atoms with van der Waals surface area (Å²) in [5.74, 6) is -4.95. The lowest BCUT2D eigenvalue weighted by molar-refractivity contribution is -0.143. The van der Waals surface area contributed by atoms with Crippen LogP contribution in [0.25, 0.3) is 0 Å². The van der Waals surface area contributed by atoms with Gasteiger partial charge < -0.3 is 42.7 Å². The highest BCUT2D eigenvalue weighted by Crippen LogP contribution is 2.12. The molecule has 2 aromatic rings. The zero-order chi connectivity index (χ0) is 28.2. The van der Waals surface area contributed by atoms with Gasteiger partial charge in [0.25, 0.3) is 0 Å². The van der Waals surface area contributed by atoms with E-state index in [1.54, 1.807) is 30.3 Å². The molecule has 0 aromatic heterocycles.